The highest BCUT2D eigenvalue weighted by Gasteiger charge is 2.46. The standard InChI is InChI=1S/C61H43NO2/c1-3-17-42(18-4-1)61(43-19-5-2-6-20-43)54-29-11-7-22-48(54)53-38-39(33-34-55(53)61)45-21-8-12-30-56(45)62-44-36-40(46-25-15-27-51-49-23-9-13-31-57(49)63-59(46)51)35-41(37-44)47-26-16-28-52-50-24-10-14-32-58(50)64-60(47)52/h1,3-5,7-36,38,44,62H,2,6,37H2. The first kappa shape index (κ1) is 36.7. The topological polar surface area (TPSA) is 38.3 Å². The Balaban J connectivity index is 0.944. The van der Waals surface area contributed by atoms with Crippen molar-refractivity contribution in [3.8, 4) is 22.3 Å². The molecule has 10 aromatic rings. The maximum absolute atomic E-state index is 6.65. The van der Waals surface area contributed by atoms with Gasteiger partial charge in [0.05, 0.1) is 5.41 Å². The van der Waals surface area contributed by atoms with Crippen LogP contribution in [0.5, 0.6) is 0 Å². The molecule has 3 aliphatic carbocycles. The fraction of sp³-hybridized carbons (Fsp3) is 0.0820. The smallest absolute Gasteiger partial charge is 0.143 e. The molecule has 2 atom stereocenters. The predicted molar refractivity (Wildman–Crippen MR) is 266 cm³/mol. The van der Waals surface area contributed by atoms with E-state index < -0.39 is 5.41 Å². The second-order valence-corrected chi connectivity index (χ2v) is 17.4. The average molecular weight is 822 g/mol. The SMILES string of the molecule is C1=CC(C2(c3ccccc3)c3ccccc3-c3cc(-c4ccccc4NC4C=C(c5cccc6c5oc5ccccc56)C=C(c5cccc6c5oc5ccccc56)C4)ccc32)=CCC1. The molecule has 0 aliphatic heterocycles. The van der Waals surface area contributed by atoms with Gasteiger partial charge in [-0.1, -0.05) is 188 Å². The second kappa shape index (κ2) is 14.6. The van der Waals surface area contributed by atoms with E-state index in [0.717, 1.165) is 85.5 Å². The highest BCUT2D eigenvalue weighted by molar-refractivity contribution is 6.11. The minimum absolute atomic E-state index is 0.0404. The maximum atomic E-state index is 6.65. The van der Waals surface area contributed by atoms with Gasteiger partial charge in [-0.05, 0) is 93.6 Å². The van der Waals surface area contributed by atoms with Crippen LogP contribution >= 0.6 is 0 Å². The van der Waals surface area contributed by atoms with Gasteiger partial charge in [0.25, 0.3) is 0 Å². The lowest BCUT2D eigenvalue weighted by Crippen LogP contribution is -2.29. The molecule has 3 aliphatic rings. The van der Waals surface area contributed by atoms with Crippen molar-refractivity contribution in [2.45, 2.75) is 30.7 Å². The Morgan fingerprint density at radius 1 is 0.500 bits per heavy atom. The fourth-order valence-corrected chi connectivity index (χ4v) is 11.1. The number of allylic oxidation sites excluding steroid dienone is 6. The maximum Gasteiger partial charge on any atom is 0.143 e. The molecular weight excluding hydrogens is 779 g/mol. The molecule has 0 bridgehead atoms. The van der Waals surface area contributed by atoms with Crippen LogP contribution in [-0.4, -0.2) is 6.04 Å². The third-order valence-electron chi connectivity index (χ3n) is 13.9. The Morgan fingerprint density at radius 2 is 1.12 bits per heavy atom. The summed E-state index contributed by atoms with van der Waals surface area (Å²) in [5, 5.41) is 8.59. The van der Waals surface area contributed by atoms with Crippen molar-refractivity contribution < 1.29 is 8.83 Å². The van der Waals surface area contributed by atoms with E-state index in [9.17, 15) is 0 Å². The van der Waals surface area contributed by atoms with E-state index in [1.54, 1.807) is 0 Å². The summed E-state index contributed by atoms with van der Waals surface area (Å²) in [6.07, 6.45) is 14.8. The van der Waals surface area contributed by atoms with Crippen LogP contribution in [0.25, 0.3) is 77.3 Å². The van der Waals surface area contributed by atoms with Crippen LogP contribution in [0.4, 0.5) is 5.69 Å². The van der Waals surface area contributed by atoms with Crippen LogP contribution in [0.2, 0.25) is 0 Å². The quantitative estimate of drug-likeness (QED) is 0.174. The molecule has 0 amide bonds. The van der Waals surface area contributed by atoms with Crippen molar-refractivity contribution in [3.05, 3.63) is 246 Å². The molecule has 1 N–H and O–H groups in total. The molecule has 0 saturated carbocycles. The van der Waals surface area contributed by atoms with Crippen LogP contribution in [0, 0.1) is 0 Å². The van der Waals surface area contributed by atoms with Gasteiger partial charge in [0.1, 0.15) is 22.3 Å². The zero-order chi connectivity index (χ0) is 42.2. The Morgan fingerprint density at radius 3 is 1.89 bits per heavy atom. The molecule has 0 saturated heterocycles. The first-order valence-electron chi connectivity index (χ1n) is 22.5. The van der Waals surface area contributed by atoms with E-state index in [0.29, 0.717) is 0 Å². The van der Waals surface area contributed by atoms with E-state index in [1.165, 1.54) is 50.1 Å². The zero-order valence-electron chi connectivity index (χ0n) is 35.2. The molecule has 8 aromatic carbocycles. The molecule has 304 valence electrons. The molecule has 0 fully saturated rings. The first-order chi connectivity index (χ1) is 31.7. The van der Waals surface area contributed by atoms with Crippen molar-refractivity contribution in [2.75, 3.05) is 5.32 Å². The van der Waals surface area contributed by atoms with Gasteiger partial charge in [-0.25, -0.2) is 0 Å². The highest BCUT2D eigenvalue weighted by Crippen LogP contribution is 2.58. The summed E-state index contributed by atoms with van der Waals surface area (Å²) in [7, 11) is 0. The normalized spacial score (nSPS) is 17.9. The van der Waals surface area contributed by atoms with Crippen LogP contribution in [-0.2, 0) is 5.41 Å². The lowest BCUT2D eigenvalue weighted by atomic mass is 9.66. The molecular formula is C61H43NO2. The number of rotatable bonds is 7. The van der Waals surface area contributed by atoms with Crippen molar-refractivity contribution in [1.29, 1.82) is 0 Å². The molecule has 3 heteroatoms. The van der Waals surface area contributed by atoms with E-state index in [-0.39, 0.29) is 6.04 Å². The van der Waals surface area contributed by atoms with Gasteiger partial charge in [0.15, 0.2) is 0 Å². The largest absolute Gasteiger partial charge is 0.455 e. The van der Waals surface area contributed by atoms with E-state index in [2.05, 4.69) is 206 Å². The Bertz CT molecular complexity index is 3630. The Labute approximate surface area is 372 Å². The number of nitrogens with one attached hydrogen (secondary N) is 1. The summed E-state index contributed by atoms with van der Waals surface area (Å²) < 4.78 is 13.3. The number of para-hydroxylation sites is 5. The van der Waals surface area contributed by atoms with Gasteiger partial charge in [-0.3, -0.25) is 0 Å². The van der Waals surface area contributed by atoms with Crippen LogP contribution in [0.1, 0.15) is 47.1 Å². The van der Waals surface area contributed by atoms with Crippen molar-refractivity contribution in [1.82, 2.24) is 0 Å². The fourth-order valence-electron chi connectivity index (χ4n) is 11.1. The van der Waals surface area contributed by atoms with Crippen LogP contribution in [0.3, 0.4) is 0 Å². The molecule has 2 unspecified atom stereocenters. The van der Waals surface area contributed by atoms with E-state index in [4.69, 9.17) is 8.83 Å². The minimum Gasteiger partial charge on any atom is -0.455 e. The summed E-state index contributed by atoms with van der Waals surface area (Å²) in [6, 6.07) is 65.8. The number of furan rings is 2. The van der Waals surface area contributed by atoms with Gasteiger partial charge in [-0.15, -0.1) is 0 Å². The minimum atomic E-state index is -0.391. The van der Waals surface area contributed by atoms with Gasteiger partial charge >= 0.3 is 0 Å². The van der Waals surface area contributed by atoms with Gasteiger partial charge in [0.2, 0.25) is 0 Å². The molecule has 2 heterocycles. The molecule has 3 nitrogen and oxygen atoms in total. The predicted octanol–water partition coefficient (Wildman–Crippen LogP) is 16.1. The van der Waals surface area contributed by atoms with Gasteiger partial charge in [0, 0.05) is 50.0 Å². The molecule has 0 spiro atoms. The molecule has 0 radical (unpaired) electrons. The van der Waals surface area contributed by atoms with Gasteiger partial charge < -0.3 is 14.2 Å². The molecule has 13 rings (SSSR count). The average Bonchev–Trinajstić information content (AvgIpc) is 4.03. The summed E-state index contributed by atoms with van der Waals surface area (Å²) in [5.74, 6) is 0. The number of benzene rings is 8. The van der Waals surface area contributed by atoms with Crippen LogP contribution < -0.4 is 5.32 Å². The third kappa shape index (κ3) is 5.60. The lowest BCUT2D eigenvalue weighted by molar-refractivity contribution is 0.667. The second-order valence-electron chi connectivity index (χ2n) is 17.4. The number of hydrogen-bond donors (Lipinski definition) is 1. The Kier molecular flexibility index (Phi) is 8.39. The summed E-state index contributed by atoms with van der Waals surface area (Å²) >= 11 is 0. The van der Waals surface area contributed by atoms with E-state index in [1.807, 2.05) is 12.1 Å². The van der Waals surface area contributed by atoms with Crippen molar-refractivity contribution >= 4 is 60.7 Å². The van der Waals surface area contributed by atoms with Crippen molar-refractivity contribution in [3.63, 3.8) is 0 Å². The summed E-state index contributed by atoms with van der Waals surface area (Å²) in [6.45, 7) is 0. The number of fused-ring (bicyclic) bond motifs is 9. The Hall–Kier alpha value is -7.88. The van der Waals surface area contributed by atoms with Crippen LogP contribution in [0.15, 0.2) is 227 Å². The van der Waals surface area contributed by atoms with Crippen molar-refractivity contribution in [2.24, 2.45) is 0 Å². The summed E-state index contributed by atoms with van der Waals surface area (Å²) in [5.41, 5.74) is 19.1. The molecule has 64 heavy (non-hydrogen) atoms. The zero-order valence-corrected chi connectivity index (χ0v) is 35.2. The first-order valence-corrected chi connectivity index (χ1v) is 22.5. The number of hydrogen-bond acceptors (Lipinski definition) is 3. The number of anilines is 1. The summed E-state index contributed by atoms with van der Waals surface area (Å²) in [4.78, 5) is 0. The monoisotopic (exact) mass is 821 g/mol. The van der Waals surface area contributed by atoms with E-state index >= 15 is 0 Å². The van der Waals surface area contributed by atoms with Gasteiger partial charge in [-0.2, -0.15) is 0 Å². The third-order valence-corrected chi connectivity index (χ3v) is 13.9. The highest BCUT2D eigenvalue weighted by atomic mass is 16.3. The molecule has 2 aromatic heterocycles. The lowest BCUT2D eigenvalue weighted by Gasteiger charge is -2.35.